The number of ether oxygens (including phenoxy) is 1. The minimum absolute atomic E-state index is 0.0155. The molecule has 1 atom stereocenters. The Hall–Kier alpha value is -3.10. The van der Waals surface area contributed by atoms with E-state index >= 15 is 0 Å². The summed E-state index contributed by atoms with van der Waals surface area (Å²) in [6.07, 6.45) is -1.78. The van der Waals surface area contributed by atoms with Crippen LogP contribution in [0.2, 0.25) is 0 Å². The number of rotatable bonds is 9. The first-order valence-electron chi connectivity index (χ1n) is 7.03. The summed E-state index contributed by atoms with van der Waals surface area (Å²) in [6.45, 7) is -0.510. The number of hydrogen-bond acceptors (Lipinski definition) is 7. The van der Waals surface area contributed by atoms with Crippen LogP contribution in [0.4, 0.5) is 4.79 Å². The highest BCUT2D eigenvalue weighted by molar-refractivity contribution is 5.86. The number of aliphatic carboxylic acids is 2. The van der Waals surface area contributed by atoms with Crippen molar-refractivity contribution in [1.29, 1.82) is 0 Å². The van der Waals surface area contributed by atoms with Gasteiger partial charge in [0.05, 0.1) is 12.0 Å². The first-order valence-corrected chi connectivity index (χ1v) is 7.03. The lowest BCUT2D eigenvalue weighted by Gasteiger charge is -2.20. The Morgan fingerprint density at radius 2 is 1.75 bits per heavy atom. The summed E-state index contributed by atoms with van der Waals surface area (Å²) in [5.74, 6) is -3.89. The second-order valence-electron chi connectivity index (χ2n) is 4.77. The molecule has 0 saturated carbocycles. The molecular weight excluding hydrogens is 320 g/mol. The molecule has 1 rings (SSSR count). The number of nitrogens with one attached hydrogen (secondary N) is 2. The molecule has 1 aromatic rings. The van der Waals surface area contributed by atoms with Crippen LogP contribution < -0.4 is 20.8 Å². The van der Waals surface area contributed by atoms with Gasteiger partial charge in [-0.3, -0.25) is 4.79 Å². The highest BCUT2D eigenvalue weighted by Gasteiger charge is 2.14. The Balaban J connectivity index is 2.31. The number of hydrogen-bond donors (Lipinski definition) is 2. The first-order chi connectivity index (χ1) is 11.4. The predicted octanol–water partition coefficient (Wildman–Crippen LogP) is -2.32. The molecule has 9 nitrogen and oxygen atoms in total. The van der Waals surface area contributed by atoms with Gasteiger partial charge in [-0.1, -0.05) is 30.3 Å². The van der Waals surface area contributed by atoms with Crippen molar-refractivity contribution in [3.63, 3.8) is 0 Å². The quantitative estimate of drug-likeness (QED) is 0.514. The van der Waals surface area contributed by atoms with Crippen molar-refractivity contribution in [2.75, 3.05) is 6.54 Å². The molecule has 24 heavy (non-hydrogen) atoms. The molecule has 0 spiro atoms. The summed E-state index contributed by atoms with van der Waals surface area (Å²) < 4.78 is 4.87. The van der Waals surface area contributed by atoms with Gasteiger partial charge in [-0.15, -0.1) is 0 Å². The Morgan fingerprint density at radius 1 is 1.08 bits per heavy atom. The van der Waals surface area contributed by atoms with Crippen LogP contribution in [0.1, 0.15) is 18.4 Å². The third-order valence-electron chi connectivity index (χ3n) is 2.86. The van der Waals surface area contributed by atoms with Gasteiger partial charge in [0, 0.05) is 5.97 Å². The van der Waals surface area contributed by atoms with Crippen LogP contribution in [0.5, 0.6) is 0 Å². The number of carbonyl (C=O) groups is 4. The summed E-state index contributed by atoms with van der Waals surface area (Å²) >= 11 is 0. The van der Waals surface area contributed by atoms with E-state index in [0.717, 1.165) is 5.56 Å². The molecule has 0 aliphatic heterocycles. The molecule has 0 aliphatic carbocycles. The minimum Gasteiger partial charge on any atom is -0.550 e. The van der Waals surface area contributed by atoms with Crippen LogP contribution in [0.15, 0.2) is 30.3 Å². The number of carboxylic acids is 2. The highest BCUT2D eigenvalue weighted by Crippen LogP contribution is 2.00. The van der Waals surface area contributed by atoms with Crippen LogP contribution in [0, 0.1) is 0 Å². The highest BCUT2D eigenvalue weighted by atomic mass is 16.5. The third kappa shape index (κ3) is 7.78. The van der Waals surface area contributed by atoms with Gasteiger partial charge in [-0.2, -0.15) is 0 Å². The van der Waals surface area contributed by atoms with Gasteiger partial charge in [0.1, 0.15) is 13.2 Å². The molecule has 2 amide bonds. The topological polar surface area (TPSA) is 148 Å². The lowest BCUT2D eigenvalue weighted by Crippen LogP contribution is -2.50. The monoisotopic (exact) mass is 336 g/mol. The largest absolute Gasteiger partial charge is 0.550 e. The van der Waals surface area contributed by atoms with Crippen molar-refractivity contribution in [2.45, 2.75) is 25.5 Å². The minimum atomic E-state index is -1.63. The Kier molecular flexibility index (Phi) is 7.76. The van der Waals surface area contributed by atoms with E-state index in [2.05, 4.69) is 5.32 Å². The molecule has 0 saturated heterocycles. The maximum atomic E-state index is 11.5. The van der Waals surface area contributed by atoms with Crippen molar-refractivity contribution in [1.82, 2.24) is 10.6 Å². The standard InChI is InChI=1S/C15H18N2O7/c18-12(17-11(14(21)22)6-7-13(19)20)8-16-15(23)24-9-10-4-2-1-3-5-10/h1-5,11H,6-9H2,(H,16,23)(H,17,18)(H,19,20)(H,21,22)/p-2/t11-/m0/s1. The van der Waals surface area contributed by atoms with Crippen LogP contribution >= 0.6 is 0 Å². The van der Waals surface area contributed by atoms with E-state index in [-0.39, 0.29) is 13.0 Å². The smallest absolute Gasteiger partial charge is 0.407 e. The maximum absolute atomic E-state index is 11.5. The fraction of sp³-hybridized carbons (Fsp3) is 0.333. The molecule has 0 aliphatic rings. The van der Waals surface area contributed by atoms with Gasteiger partial charge in [-0.25, -0.2) is 4.79 Å². The number of alkyl carbamates (subject to hydrolysis) is 1. The summed E-state index contributed by atoms with van der Waals surface area (Å²) in [5.41, 5.74) is 0.761. The van der Waals surface area contributed by atoms with Crippen molar-refractivity contribution in [2.24, 2.45) is 0 Å². The van der Waals surface area contributed by atoms with E-state index in [1.54, 1.807) is 24.3 Å². The first kappa shape index (κ1) is 18.9. The molecule has 2 N–H and O–H groups in total. The van der Waals surface area contributed by atoms with E-state index in [4.69, 9.17) is 4.74 Å². The van der Waals surface area contributed by atoms with Gasteiger partial charge in [0.2, 0.25) is 5.91 Å². The second-order valence-corrected chi connectivity index (χ2v) is 4.77. The van der Waals surface area contributed by atoms with Crippen LogP contribution in [0.3, 0.4) is 0 Å². The summed E-state index contributed by atoms with van der Waals surface area (Å²) in [6, 6.07) is 7.37. The normalized spacial score (nSPS) is 11.2. The fourth-order valence-corrected chi connectivity index (χ4v) is 1.68. The summed E-state index contributed by atoms with van der Waals surface area (Å²) in [5, 5.41) is 25.3. The van der Waals surface area contributed by atoms with Crippen molar-refractivity contribution in [3.8, 4) is 0 Å². The third-order valence-corrected chi connectivity index (χ3v) is 2.86. The molecular formula is C15H16N2O7-2. The van der Waals surface area contributed by atoms with Gasteiger partial charge < -0.3 is 35.2 Å². The molecule has 0 aromatic heterocycles. The van der Waals surface area contributed by atoms with Crippen LogP contribution in [0.25, 0.3) is 0 Å². The summed E-state index contributed by atoms with van der Waals surface area (Å²) in [4.78, 5) is 44.1. The molecule has 0 bridgehead atoms. The van der Waals surface area contributed by atoms with E-state index in [1.165, 1.54) is 0 Å². The number of benzene rings is 1. The zero-order valence-electron chi connectivity index (χ0n) is 12.7. The SMILES string of the molecule is O=C([O-])CC[C@H](NC(=O)CNC(=O)OCc1ccccc1)C(=O)[O-]. The number of amides is 2. The van der Waals surface area contributed by atoms with E-state index < -0.39 is 42.9 Å². The lowest BCUT2D eigenvalue weighted by atomic mass is 10.1. The van der Waals surface area contributed by atoms with E-state index in [1.807, 2.05) is 11.4 Å². The fourth-order valence-electron chi connectivity index (χ4n) is 1.68. The Bertz CT molecular complexity index is 589. The average Bonchev–Trinajstić information content (AvgIpc) is 2.55. The Morgan fingerprint density at radius 3 is 2.33 bits per heavy atom. The van der Waals surface area contributed by atoms with E-state index in [9.17, 15) is 29.4 Å². The molecule has 0 heterocycles. The average molecular weight is 336 g/mol. The van der Waals surface area contributed by atoms with Crippen molar-refractivity contribution in [3.05, 3.63) is 35.9 Å². The zero-order chi connectivity index (χ0) is 17.9. The number of carboxylic acid groups (broad SMARTS) is 2. The maximum Gasteiger partial charge on any atom is 0.407 e. The molecule has 1 aromatic carbocycles. The molecule has 0 fully saturated rings. The van der Waals surface area contributed by atoms with Crippen LogP contribution in [-0.2, 0) is 25.7 Å². The van der Waals surface area contributed by atoms with Gasteiger partial charge in [0.25, 0.3) is 0 Å². The summed E-state index contributed by atoms with van der Waals surface area (Å²) in [7, 11) is 0. The van der Waals surface area contributed by atoms with Crippen molar-refractivity contribution < 1.29 is 34.1 Å². The van der Waals surface area contributed by atoms with Crippen LogP contribution in [-0.4, -0.2) is 36.5 Å². The second kappa shape index (κ2) is 9.82. The number of carbonyl (C=O) groups excluding carboxylic acids is 4. The molecule has 9 heteroatoms. The van der Waals surface area contributed by atoms with Crippen molar-refractivity contribution >= 4 is 23.9 Å². The molecule has 0 radical (unpaired) electrons. The lowest BCUT2D eigenvalue weighted by molar-refractivity contribution is -0.310. The van der Waals surface area contributed by atoms with Gasteiger partial charge >= 0.3 is 6.09 Å². The van der Waals surface area contributed by atoms with Gasteiger partial charge in [-0.05, 0) is 18.4 Å². The molecule has 130 valence electrons. The Labute approximate surface area is 137 Å². The predicted molar refractivity (Wildman–Crippen MR) is 75.8 cm³/mol. The van der Waals surface area contributed by atoms with E-state index in [0.29, 0.717) is 0 Å². The molecule has 0 unspecified atom stereocenters. The van der Waals surface area contributed by atoms with Gasteiger partial charge in [0.15, 0.2) is 0 Å². The zero-order valence-corrected chi connectivity index (χ0v) is 12.7.